The molecule has 10 nitrogen and oxygen atoms in total. The van der Waals surface area contributed by atoms with E-state index in [1.165, 1.54) is 13.3 Å². The quantitative estimate of drug-likeness (QED) is 0.339. The first-order valence-electron chi connectivity index (χ1n) is 13.0. The zero-order valence-electron chi connectivity index (χ0n) is 22.1. The minimum atomic E-state index is -0.104. The van der Waals surface area contributed by atoms with Crippen LogP contribution >= 0.6 is 0 Å². The number of rotatable bonds is 9. The summed E-state index contributed by atoms with van der Waals surface area (Å²) in [4.78, 5) is 40.8. The Balaban J connectivity index is 1.29. The Morgan fingerprint density at radius 1 is 1.08 bits per heavy atom. The van der Waals surface area contributed by atoms with Crippen LogP contribution in [0.3, 0.4) is 0 Å². The Morgan fingerprint density at radius 3 is 2.59 bits per heavy atom. The zero-order valence-corrected chi connectivity index (χ0v) is 22.1. The third-order valence-corrected chi connectivity index (χ3v) is 6.79. The van der Waals surface area contributed by atoms with E-state index in [0.29, 0.717) is 37.6 Å². The van der Waals surface area contributed by atoms with Crippen LogP contribution in [-0.2, 0) is 4.79 Å². The topological polar surface area (TPSA) is 113 Å². The number of nitrogens with zero attached hydrogens (tertiary/aromatic N) is 4. The fourth-order valence-corrected chi connectivity index (χ4v) is 4.79. The summed E-state index contributed by atoms with van der Waals surface area (Å²) in [7, 11) is 1.64. The molecule has 0 spiro atoms. The van der Waals surface area contributed by atoms with E-state index in [0.717, 1.165) is 41.1 Å². The summed E-state index contributed by atoms with van der Waals surface area (Å²) in [5, 5.41) is 3.71. The first-order valence-corrected chi connectivity index (χ1v) is 13.0. The van der Waals surface area contributed by atoms with Gasteiger partial charge >= 0.3 is 0 Å². The maximum absolute atomic E-state index is 13.5. The number of fused-ring (bicyclic) bond motifs is 1. The Labute approximate surface area is 227 Å². The van der Waals surface area contributed by atoms with Gasteiger partial charge in [0.2, 0.25) is 5.91 Å². The molecule has 0 aliphatic carbocycles. The molecule has 0 unspecified atom stereocenters. The second-order valence-corrected chi connectivity index (χ2v) is 9.41. The van der Waals surface area contributed by atoms with Crippen LogP contribution < -0.4 is 19.7 Å². The van der Waals surface area contributed by atoms with E-state index in [-0.39, 0.29) is 17.9 Å². The molecule has 3 heterocycles. The molecule has 0 radical (unpaired) electrons. The van der Waals surface area contributed by atoms with E-state index in [2.05, 4.69) is 20.3 Å². The third-order valence-electron chi connectivity index (χ3n) is 6.79. The lowest BCUT2D eigenvalue weighted by Gasteiger charge is -2.32. The molecule has 5 rings (SSSR count). The Morgan fingerprint density at radius 2 is 1.85 bits per heavy atom. The Kier molecular flexibility index (Phi) is 7.91. The molecule has 2 aromatic carbocycles. The molecule has 0 atom stereocenters. The number of anilines is 2. The molecule has 0 bridgehead atoms. The van der Waals surface area contributed by atoms with Crippen molar-refractivity contribution in [2.24, 2.45) is 0 Å². The smallest absolute Gasteiger partial charge is 0.253 e. The van der Waals surface area contributed by atoms with Crippen LogP contribution in [0.1, 0.15) is 30.1 Å². The number of aromatic amines is 1. The number of carbonyl (C=O) groups is 2. The van der Waals surface area contributed by atoms with Gasteiger partial charge in [-0.05, 0) is 48.5 Å². The zero-order chi connectivity index (χ0) is 27.2. The maximum atomic E-state index is 13.5. The van der Waals surface area contributed by atoms with Crippen LogP contribution in [0.5, 0.6) is 11.5 Å². The highest BCUT2D eigenvalue weighted by Crippen LogP contribution is 2.30. The molecule has 1 saturated heterocycles. The van der Waals surface area contributed by atoms with Crippen LogP contribution in [0.4, 0.5) is 11.5 Å². The number of likely N-dealkylation sites (tertiary alicyclic amines) is 1. The van der Waals surface area contributed by atoms with Crippen LogP contribution in [0.25, 0.3) is 11.0 Å². The number of ether oxygens (including phenoxy) is 2. The van der Waals surface area contributed by atoms with Crippen molar-refractivity contribution in [3.05, 3.63) is 72.7 Å². The largest absolute Gasteiger partial charge is 0.497 e. The number of amides is 2. The van der Waals surface area contributed by atoms with Crippen molar-refractivity contribution in [1.82, 2.24) is 25.2 Å². The van der Waals surface area contributed by atoms with Gasteiger partial charge in [-0.2, -0.15) is 0 Å². The summed E-state index contributed by atoms with van der Waals surface area (Å²) in [5.41, 5.74) is 2.13. The predicted octanol–water partition coefficient (Wildman–Crippen LogP) is 3.92. The van der Waals surface area contributed by atoms with Crippen molar-refractivity contribution in [2.75, 3.05) is 38.2 Å². The van der Waals surface area contributed by atoms with E-state index in [4.69, 9.17) is 9.47 Å². The summed E-state index contributed by atoms with van der Waals surface area (Å²) in [6.07, 6.45) is 4.89. The monoisotopic (exact) mass is 528 g/mol. The number of nitrogens with one attached hydrogen (secondary N) is 2. The number of aromatic nitrogens is 3. The standard InChI is InChI=1S/C29H32N6O4/c1-20(36)30-14-17-35(28-26-10-13-31-27(26)32-19-33-28)22-5-3-4-21(18-22)29(37)34-15-11-25(12-16-34)39-24-8-6-23(38-2)7-9-24/h3-10,13,18-19,25H,11-12,14-17H2,1-2H3,(H,30,36)(H,31,32,33). The summed E-state index contributed by atoms with van der Waals surface area (Å²) in [6, 6.07) is 17.0. The second-order valence-electron chi connectivity index (χ2n) is 9.41. The molecular formula is C29H32N6O4. The number of piperidine rings is 1. The number of benzene rings is 2. The highest BCUT2D eigenvalue weighted by molar-refractivity contribution is 5.96. The molecule has 10 heteroatoms. The van der Waals surface area contributed by atoms with Gasteiger partial charge in [0.25, 0.3) is 5.91 Å². The van der Waals surface area contributed by atoms with Gasteiger partial charge in [0, 0.05) is 63.4 Å². The molecular weight excluding hydrogens is 496 g/mol. The summed E-state index contributed by atoms with van der Waals surface area (Å²) in [5.74, 6) is 2.17. The van der Waals surface area contributed by atoms with E-state index in [1.54, 1.807) is 7.11 Å². The van der Waals surface area contributed by atoms with Gasteiger partial charge in [0.15, 0.2) is 0 Å². The number of methoxy groups -OCH3 is 1. The van der Waals surface area contributed by atoms with Crippen molar-refractivity contribution in [2.45, 2.75) is 25.9 Å². The predicted molar refractivity (Wildman–Crippen MR) is 149 cm³/mol. The third kappa shape index (κ3) is 6.11. The van der Waals surface area contributed by atoms with Crippen molar-refractivity contribution < 1.29 is 19.1 Å². The minimum absolute atomic E-state index is 0.0176. The fraction of sp³-hybridized carbons (Fsp3) is 0.310. The normalized spacial score (nSPS) is 13.7. The van der Waals surface area contributed by atoms with Gasteiger partial charge < -0.3 is 29.6 Å². The van der Waals surface area contributed by atoms with Crippen molar-refractivity contribution in [3.8, 4) is 11.5 Å². The van der Waals surface area contributed by atoms with E-state index < -0.39 is 0 Å². The van der Waals surface area contributed by atoms with Crippen LogP contribution in [0.2, 0.25) is 0 Å². The lowest BCUT2D eigenvalue weighted by Crippen LogP contribution is -2.41. The van der Waals surface area contributed by atoms with Crippen molar-refractivity contribution in [1.29, 1.82) is 0 Å². The number of carbonyl (C=O) groups excluding carboxylic acids is 2. The van der Waals surface area contributed by atoms with Gasteiger partial charge in [-0.15, -0.1) is 0 Å². The second kappa shape index (κ2) is 11.8. The molecule has 39 heavy (non-hydrogen) atoms. The van der Waals surface area contributed by atoms with Gasteiger partial charge in [-0.25, -0.2) is 9.97 Å². The minimum Gasteiger partial charge on any atom is -0.497 e. The summed E-state index contributed by atoms with van der Waals surface area (Å²) < 4.78 is 11.3. The average Bonchev–Trinajstić information content (AvgIpc) is 3.45. The molecule has 2 aromatic heterocycles. The Bertz CT molecular complexity index is 1430. The van der Waals surface area contributed by atoms with Gasteiger partial charge in [0.05, 0.1) is 12.5 Å². The van der Waals surface area contributed by atoms with Crippen molar-refractivity contribution in [3.63, 3.8) is 0 Å². The van der Waals surface area contributed by atoms with E-state index in [9.17, 15) is 9.59 Å². The summed E-state index contributed by atoms with van der Waals surface area (Å²) in [6.45, 7) is 3.62. The molecule has 1 aliphatic rings. The SMILES string of the molecule is COc1ccc(OC2CCN(C(=O)c3cccc(N(CCNC(C)=O)c4ncnc5[nH]ccc45)c3)CC2)cc1. The van der Waals surface area contributed by atoms with E-state index >= 15 is 0 Å². The van der Waals surface area contributed by atoms with Gasteiger partial charge in [-0.3, -0.25) is 9.59 Å². The maximum Gasteiger partial charge on any atom is 0.253 e. The van der Waals surface area contributed by atoms with Gasteiger partial charge in [0.1, 0.15) is 35.4 Å². The molecule has 2 N–H and O–H groups in total. The van der Waals surface area contributed by atoms with Crippen molar-refractivity contribution >= 4 is 34.4 Å². The fourth-order valence-electron chi connectivity index (χ4n) is 4.79. The van der Waals surface area contributed by atoms with Crippen LogP contribution in [0, 0.1) is 0 Å². The van der Waals surface area contributed by atoms with E-state index in [1.807, 2.05) is 70.6 Å². The molecule has 202 valence electrons. The first kappa shape index (κ1) is 26.0. The summed E-state index contributed by atoms with van der Waals surface area (Å²) >= 11 is 0. The molecule has 1 fully saturated rings. The molecule has 2 amide bonds. The highest BCUT2D eigenvalue weighted by atomic mass is 16.5. The lowest BCUT2D eigenvalue weighted by molar-refractivity contribution is -0.118. The molecule has 1 aliphatic heterocycles. The number of H-pyrrole nitrogens is 1. The van der Waals surface area contributed by atoms with Crippen LogP contribution in [-0.4, -0.2) is 71.1 Å². The van der Waals surface area contributed by atoms with Gasteiger partial charge in [-0.1, -0.05) is 6.07 Å². The first-order chi connectivity index (χ1) is 19.0. The highest BCUT2D eigenvalue weighted by Gasteiger charge is 2.25. The Hall–Kier alpha value is -4.60. The van der Waals surface area contributed by atoms with Crippen LogP contribution in [0.15, 0.2) is 67.1 Å². The average molecular weight is 529 g/mol. The molecule has 4 aromatic rings. The molecule has 0 saturated carbocycles. The number of hydrogen-bond donors (Lipinski definition) is 2. The lowest BCUT2D eigenvalue weighted by atomic mass is 10.1. The number of hydrogen-bond acceptors (Lipinski definition) is 7.